The van der Waals surface area contributed by atoms with E-state index in [4.69, 9.17) is 9.15 Å². The topological polar surface area (TPSA) is 69.6 Å². The monoisotopic (exact) mass is 431 g/mol. The van der Waals surface area contributed by atoms with Gasteiger partial charge in [-0.1, -0.05) is 30.8 Å². The van der Waals surface area contributed by atoms with Gasteiger partial charge in [-0.2, -0.15) is 0 Å². The van der Waals surface area contributed by atoms with Gasteiger partial charge in [-0.05, 0) is 54.3 Å². The third-order valence-electron chi connectivity index (χ3n) is 5.53. The minimum Gasteiger partial charge on any atom is -0.497 e. The molecular weight excluding hydrogens is 410 g/mol. The Hall–Kier alpha value is -3.32. The number of ether oxygens (including phenoxy) is 1. The van der Waals surface area contributed by atoms with E-state index in [0.29, 0.717) is 11.3 Å². The maximum Gasteiger partial charge on any atom is 0.336 e. The standard InChI is InChI=1S/C24H21N3O3S/c1-4-15-5-7-19-16(11-23(28)30-21(19)10-15)13-31-24-26-25-22-9-14(2)18-8-6-17(29-3)12-20(18)27(22)24/h5-12H,4,13H2,1-3H3. The summed E-state index contributed by atoms with van der Waals surface area (Å²) < 4.78 is 12.9. The van der Waals surface area contributed by atoms with Crippen molar-refractivity contribution in [3.8, 4) is 5.75 Å². The number of methoxy groups -OCH3 is 1. The van der Waals surface area contributed by atoms with Crippen LogP contribution in [0.5, 0.6) is 5.75 Å². The molecule has 3 aromatic heterocycles. The number of hydrogen-bond acceptors (Lipinski definition) is 6. The van der Waals surface area contributed by atoms with Crippen LogP contribution in [0.3, 0.4) is 0 Å². The average molecular weight is 432 g/mol. The van der Waals surface area contributed by atoms with Gasteiger partial charge in [0.2, 0.25) is 0 Å². The molecule has 0 amide bonds. The Balaban J connectivity index is 1.59. The number of hydrogen-bond donors (Lipinski definition) is 0. The van der Waals surface area contributed by atoms with Crippen molar-refractivity contribution >= 4 is 39.3 Å². The summed E-state index contributed by atoms with van der Waals surface area (Å²) in [7, 11) is 1.66. The van der Waals surface area contributed by atoms with E-state index in [1.165, 1.54) is 0 Å². The van der Waals surface area contributed by atoms with Crippen LogP contribution in [0.25, 0.3) is 27.5 Å². The summed E-state index contributed by atoms with van der Waals surface area (Å²) in [5, 5.41) is 11.6. The van der Waals surface area contributed by atoms with E-state index in [0.717, 1.165) is 56.0 Å². The lowest BCUT2D eigenvalue weighted by molar-refractivity contribution is 0.415. The third kappa shape index (κ3) is 3.45. The molecule has 0 saturated carbocycles. The largest absolute Gasteiger partial charge is 0.497 e. The van der Waals surface area contributed by atoms with Gasteiger partial charge in [0.25, 0.3) is 0 Å². The van der Waals surface area contributed by atoms with E-state index in [9.17, 15) is 4.79 Å². The molecule has 0 aliphatic heterocycles. The summed E-state index contributed by atoms with van der Waals surface area (Å²) in [5.41, 5.74) is 5.25. The van der Waals surface area contributed by atoms with Crippen molar-refractivity contribution in [3.63, 3.8) is 0 Å². The molecule has 7 heteroatoms. The summed E-state index contributed by atoms with van der Waals surface area (Å²) in [6.45, 7) is 4.15. The number of rotatable bonds is 5. The van der Waals surface area contributed by atoms with Crippen LogP contribution in [0.2, 0.25) is 0 Å². The molecule has 0 unspecified atom stereocenters. The third-order valence-corrected chi connectivity index (χ3v) is 6.51. The lowest BCUT2D eigenvalue weighted by Crippen LogP contribution is -2.01. The lowest BCUT2D eigenvalue weighted by Gasteiger charge is -2.10. The number of fused-ring (bicyclic) bond motifs is 4. The van der Waals surface area contributed by atoms with Gasteiger partial charge in [0.15, 0.2) is 10.8 Å². The molecule has 0 bridgehead atoms. The zero-order valence-corrected chi connectivity index (χ0v) is 18.3. The Kier molecular flexibility index (Phi) is 4.90. The maximum absolute atomic E-state index is 12.1. The molecule has 3 heterocycles. The molecule has 5 aromatic rings. The van der Waals surface area contributed by atoms with Crippen LogP contribution in [0.15, 0.2) is 62.9 Å². The van der Waals surface area contributed by atoms with Crippen LogP contribution in [0.1, 0.15) is 23.6 Å². The van der Waals surface area contributed by atoms with Crippen molar-refractivity contribution in [2.24, 2.45) is 0 Å². The van der Waals surface area contributed by atoms with Crippen LogP contribution in [-0.4, -0.2) is 21.7 Å². The number of aryl methyl sites for hydroxylation is 2. The van der Waals surface area contributed by atoms with Crippen LogP contribution >= 0.6 is 11.8 Å². The van der Waals surface area contributed by atoms with Crippen molar-refractivity contribution in [1.29, 1.82) is 0 Å². The number of benzene rings is 2. The highest BCUT2D eigenvalue weighted by atomic mass is 32.2. The highest BCUT2D eigenvalue weighted by molar-refractivity contribution is 7.98. The van der Waals surface area contributed by atoms with E-state index in [2.05, 4.69) is 36.2 Å². The molecule has 0 aliphatic carbocycles. The second-order valence-electron chi connectivity index (χ2n) is 7.45. The first-order valence-electron chi connectivity index (χ1n) is 10.1. The summed E-state index contributed by atoms with van der Waals surface area (Å²) in [6, 6.07) is 15.7. The molecule has 0 radical (unpaired) electrons. The van der Waals surface area contributed by atoms with Gasteiger partial charge in [-0.3, -0.25) is 4.40 Å². The summed E-state index contributed by atoms with van der Waals surface area (Å²) >= 11 is 1.55. The molecule has 2 aromatic carbocycles. The number of aromatic nitrogens is 3. The van der Waals surface area contributed by atoms with Crippen molar-refractivity contribution in [2.75, 3.05) is 7.11 Å². The Bertz CT molecular complexity index is 1500. The van der Waals surface area contributed by atoms with Crippen LogP contribution in [0.4, 0.5) is 0 Å². The van der Waals surface area contributed by atoms with E-state index < -0.39 is 0 Å². The van der Waals surface area contributed by atoms with Crippen molar-refractivity contribution < 1.29 is 9.15 Å². The van der Waals surface area contributed by atoms with Crippen LogP contribution in [0, 0.1) is 6.92 Å². The first-order chi connectivity index (χ1) is 15.1. The zero-order valence-electron chi connectivity index (χ0n) is 17.5. The molecule has 0 spiro atoms. The quantitative estimate of drug-likeness (QED) is 0.283. The summed E-state index contributed by atoms with van der Waals surface area (Å²) in [5.74, 6) is 1.36. The number of pyridine rings is 1. The molecule has 0 atom stereocenters. The smallest absolute Gasteiger partial charge is 0.336 e. The van der Waals surface area contributed by atoms with Gasteiger partial charge >= 0.3 is 5.63 Å². The number of thioether (sulfide) groups is 1. The highest BCUT2D eigenvalue weighted by Crippen LogP contribution is 2.31. The van der Waals surface area contributed by atoms with Crippen LogP contribution < -0.4 is 10.4 Å². The normalized spacial score (nSPS) is 11.6. The molecule has 0 saturated heterocycles. The molecule has 0 N–H and O–H groups in total. The molecule has 0 fully saturated rings. The van der Waals surface area contributed by atoms with Crippen molar-refractivity contribution in [2.45, 2.75) is 31.2 Å². The van der Waals surface area contributed by atoms with Gasteiger partial charge < -0.3 is 9.15 Å². The zero-order chi connectivity index (χ0) is 21.5. The predicted octanol–water partition coefficient (Wildman–Crippen LogP) is 5.16. The molecule has 6 nitrogen and oxygen atoms in total. The Morgan fingerprint density at radius 3 is 2.71 bits per heavy atom. The molecule has 31 heavy (non-hydrogen) atoms. The average Bonchev–Trinajstić information content (AvgIpc) is 3.19. The first-order valence-corrected chi connectivity index (χ1v) is 11.1. The lowest BCUT2D eigenvalue weighted by atomic mass is 10.1. The number of nitrogens with zero attached hydrogens (tertiary/aromatic N) is 3. The van der Waals surface area contributed by atoms with Gasteiger partial charge in [0, 0.05) is 28.7 Å². The van der Waals surface area contributed by atoms with Crippen molar-refractivity contribution in [3.05, 3.63) is 75.6 Å². The van der Waals surface area contributed by atoms with E-state index in [1.54, 1.807) is 24.9 Å². The Morgan fingerprint density at radius 2 is 1.90 bits per heavy atom. The van der Waals surface area contributed by atoms with Gasteiger partial charge in [0.05, 0.1) is 12.6 Å². The SMILES string of the molecule is CCc1ccc2c(CSc3nnc4cc(C)c5ccc(OC)cc5n34)cc(=O)oc2c1. The van der Waals surface area contributed by atoms with Gasteiger partial charge in [-0.15, -0.1) is 10.2 Å². The molecule has 0 aliphatic rings. The second-order valence-corrected chi connectivity index (χ2v) is 8.39. The molecular formula is C24H21N3O3S. The second kappa shape index (κ2) is 7.74. The fraction of sp³-hybridized carbons (Fsp3) is 0.208. The molecule has 156 valence electrons. The van der Waals surface area contributed by atoms with Crippen LogP contribution in [-0.2, 0) is 12.2 Å². The van der Waals surface area contributed by atoms with Crippen molar-refractivity contribution in [1.82, 2.24) is 14.6 Å². The van der Waals surface area contributed by atoms with E-state index in [-0.39, 0.29) is 5.63 Å². The Morgan fingerprint density at radius 1 is 1.06 bits per heavy atom. The maximum atomic E-state index is 12.1. The molecule has 5 rings (SSSR count). The first kappa shape index (κ1) is 19.6. The minimum absolute atomic E-state index is 0.340. The van der Waals surface area contributed by atoms with E-state index in [1.807, 2.05) is 34.7 Å². The highest BCUT2D eigenvalue weighted by Gasteiger charge is 2.14. The minimum atomic E-state index is -0.340. The van der Waals surface area contributed by atoms with Gasteiger partial charge in [0.1, 0.15) is 11.3 Å². The summed E-state index contributed by atoms with van der Waals surface area (Å²) in [4.78, 5) is 12.1. The van der Waals surface area contributed by atoms with E-state index >= 15 is 0 Å². The van der Waals surface area contributed by atoms with Gasteiger partial charge in [-0.25, -0.2) is 4.79 Å². The fourth-order valence-electron chi connectivity index (χ4n) is 3.88. The Labute approximate surface area is 182 Å². The fourth-order valence-corrected chi connectivity index (χ4v) is 4.82. The predicted molar refractivity (Wildman–Crippen MR) is 123 cm³/mol. The summed E-state index contributed by atoms with van der Waals surface area (Å²) in [6.07, 6.45) is 0.889.